The summed E-state index contributed by atoms with van der Waals surface area (Å²) in [5.41, 5.74) is 3.16. The molecule has 0 heterocycles. The molecule has 0 radical (unpaired) electrons. The van der Waals surface area contributed by atoms with E-state index in [1.54, 1.807) is 55.6 Å². The molecule has 0 unspecified atom stereocenters. The molecular weight excluding hydrogens is 392 g/mol. The van der Waals surface area contributed by atoms with E-state index in [4.69, 9.17) is 0 Å². The number of nitrogens with one attached hydrogen (secondary N) is 4. The van der Waals surface area contributed by atoms with Gasteiger partial charge in [-0.05, 0) is 42.0 Å². The normalized spacial score (nSPS) is 10.1. The fourth-order valence-corrected chi connectivity index (χ4v) is 2.92. The molecule has 0 aliphatic heterocycles. The molecule has 3 aromatic carbocycles. The van der Waals surface area contributed by atoms with Crippen molar-refractivity contribution >= 4 is 29.1 Å². The van der Waals surface area contributed by atoms with Crippen LogP contribution in [0.2, 0.25) is 0 Å². The quantitative estimate of drug-likeness (QED) is 0.454. The highest BCUT2D eigenvalue weighted by Crippen LogP contribution is 2.13. The summed E-state index contributed by atoms with van der Waals surface area (Å²) >= 11 is 0. The number of anilines is 2. The summed E-state index contributed by atoms with van der Waals surface area (Å²) in [6.07, 6.45) is 0. The highest BCUT2D eigenvalue weighted by atomic mass is 16.2. The van der Waals surface area contributed by atoms with E-state index >= 15 is 0 Å². The number of carbonyl (C=O) groups is 3. The molecule has 0 fully saturated rings. The second-order valence-electron chi connectivity index (χ2n) is 6.81. The lowest BCUT2D eigenvalue weighted by molar-refractivity contribution is -0.114. The van der Waals surface area contributed by atoms with Crippen molar-refractivity contribution in [1.29, 1.82) is 0 Å². The third kappa shape index (κ3) is 6.43. The number of carbonyl (C=O) groups excluding carboxylic acids is 3. The second-order valence-corrected chi connectivity index (χ2v) is 6.81. The van der Waals surface area contributed by atoms with Crippen LogP contribution in [0.5, 0.6) is 0 Å². The zero-order valence-corrected chi connectivity index (χ0v) is 17.1. The minimum Gasteiger partial charge on any atom is -0.376 e. The first kappa shape index (κ1) is 21.6. The zero-order valence-electron chi connectivity index (χ0n) is 17.1. The van der Waals surface area contributed by atoms with Gasteiger partial charge in [0.25, 0.3) is 11.8 Å². The van der Waals surface area contributed by atoms with Crippen LogP contribution in [0.25, 0.3) is 0 Å². The topological polar surface area (TPSA) is 99.3 Å². The average molecular weight is 416 g/mol. The minimum absolute atomic E-state index is 0.0132. The van der Waals surface area contributed by atoms with Gasteiger partial charge in [0.1, 0.15) is 0 Å². The highest BCUT2D eigenvalue weighted by Gasteiger charge is 2.09. The van der Waals surface area contributed by atoms with Gasteiger partial charge in [-0.1, -0.05) is 42.5 Å². The predicted molar refractivity (Wildman–Crippen MR) is 121 cm³/mol. The first-order valence-electron chi connectivity index (χ1n) is 9.83. The van der Waals surface area contributed by atoms with E-state index in [0.717, 1.165) is 5.56 Å². The van der Waals surface area contributed by atoms with Crippen LogP contribution >= 0.6 is 0 Å². The van der Waals surface area contributed by atoms with Crippen LogP contribution in [0.1, 0.15) is 26.3 Å². The summed E-state index contributed by atoms with van der Waals surface area (Å²) in [6.45, 7) is 0.453. The standard InChI is InChI=1S/C24H24N4O3/c1-25-23(30)18-9-6-12-21(14-18)28-22(29)16-26-20-11-5-10-19(13-20)24(31)27-15-17-7-3-2-4-8-17/h2-14,26H,15-16H2,1H3,(H,25,30)(H,27,31)(H,28,29). The van der Waals surface area contributed by atoms with Crippen LogP contribution < -0.4 is 21.3 Å². The fourth-order valence-electron chi connectivity index (χ4n) is 2.92. The Hall–Kier alpha value is -4.13. The summed E-state index contributed by atoms with van der Waals surface area (Å²) in [5.74, 6) is -0.687. The van der Waals surface area contributed by atoms with E-state index in [2.05, 4.69) is 21.3 Å². The van der Waals surface area contributed by atoms with Crippen molar-refractivity contribution in [2.24, 2.45) is 0 Å². The maximum absolute atomic E-state index is 12.4. The third-order valence-electron chi connectivity index (χ3n) is 4.51. The van der Waals surface area contributed by atoms with E-state index in [1.165, 1.54) is 0 Å². The molecule has 0 saturated heterocycles. The molecule has 158 valence electrons. The van der Waals surface area contributed by atoms with Gasteiger partial charge in [0.05, 0.1) is 6.54 Å². The van der Waals surface area contributed by atoms with Crippen LogP contribution in [0, 0.1) is 0 Å². The number of amides is 3. The van der Waals surface area contributed by atoms with Crippen LogP contribution in [-0.2, 0) is 11.3 Å². The molecule has 0 spiro atoms. The zero-order chi connectivity index (χ0) is 22.1. The van der Waals surface area contributed by atoms with Crippen molar-refractivity contribution < 1.29 is 14.4 Å². The smallest absolute Gasteiger partial charge is 0.251 e. The average Bonchev–Trinajstić information content (AvgIpc) is 2.81. The Morgan fingerprint density at radius 1 is 0.742 bits per heavy atom. The minimum atomic E-state index is -0.270. The molecular formula is C24H24N4O3. The predicted octanol–water partition coefficient (Wildman–Crippen LogP) is 3.03. The Balaban J connectivity index is 1.53. The molecule has 7 heteroatoms. The number of rotatable bonds is 8. The molecule has 0 saturated carbocycles. The summed E-state index contributed by atoms with van der Waals surface area (Å²) in [6, 6.07) is 23.3. The van der Waals surface area contributed by atoms with Crippen molar-refractivity contribution in [2.75, 3.05) is 24.2 Å². The van der Waals surface area contributed by atoms with E-state index in [1.807, 2.05) is 30.3 Å². The van der Waals surface area contributed by atoms with Crippen molar-refractivity contribution in [2.45, 2.75) is 6.54 Å². The molecule has 0 bridgehead atoms. The van der Waals surface area contributed by atoms with Gasteiger partial charge in [0.15, 0.2) is 0 Å². The summed E-state index contributed by atoms with van der Waals surface area (Å²) in [7, 11) is 1.55. The van der Waals surface area contributed by atoms with E-state index < -0.39 is 0 Å². The molecule has 0 aliphatic rings. The van der Waals surface area contributed by atoms with Gasteiger partial charge in [0, 0.05) is 36.1 Å². The molecule has 7 nitrogen and oxygen atoms in total. The van der Waals surface area contributed by atoms with Gasteiger partial charge in [-0.25, -0.2) is 0 Å². The van der Waals surface area contributed by atoms with Gasteiger partial charge < -0.3 is 21.3 Å². The Morgan fingerprint density at radius 2 is 1.39 bits per heavy atom. The third-order valence-corrected chi connectivity index (χ3v) is 4.51. The molecule has 3 rings (SSSR count). The maximum Gasteiger partial charge on any atom is 0.251 e. The van der Waals surface area contributed by atoms with E-state index in [9.17, 15) is 14.4 Å². The number of benzene rings is 3. The van der Waals surface area contributed by atoms with Crippen LogP contribution in [0.4, 0.5) is 11.4 Å². The molecule has 0 aromatic heterocycles. The Morgan fingerprint density at radius 3 is 2.10 bits per heavy atom. The molecule has 3 aromatic rings. The molecule has 4 N–H and O–H groups in total. The van der Waals surface area contributed by atoms with Crippen LogP contribution in [0.15, 0.2) is 78.9 Å². The monoisotopic (exact) mass is 416 g/mol. The summed E-state index contributed by atoms with van der Waals surface area (Å²) < 4.78 is 0. The van der Waals surface area contributed by atoms with Crippen molar-refractivity contribution in [3.8, 4) is 0 Å². The van der Waals surface area contributed by atoms with Gasteiger partial charge in [-0.3, -0.25) is 14.4 Å². The van der Waals surface area contributed by atoms with E-state index in [-0.39, 0.29) is 24.3 Å². The first-order valence-corrected chi connectivity index (χ1v) is 9.83. The van der Waals surface area contributed by atoms with Crippen LogP contribution in [-0.4, -0.2) is 31.3 Å². The SMILES string of the molecule is CNC(=O)c1cccc(NC(=O)CNc2cccc(C(=O)NCc3ccccc3)c2)c1. The lowest BCUT2D eigenvalue weighted by atomic mass is 10.1. The second kappa shape index (κ2) is 10.6. The number of hydrogen-bond acceptors (Lipinski definition) is 4. The first-order chi connectivity index (χ1) is 15.0. The fraction of sp³-hybridized carbons (Fsp3) is 0.125. The Labute approximate surface area is 180 Å². The van der Waals surface area contributed by atoms with Gasteiger partial charge in [0.2, 0.25) is 5.91 Å². The van der Waals surface area contributed by atoms with Gasteiger partial charge >= 0.3 is 0 Å². The molecule has 0 aliphatic carbocycles. The van der Waals surface area contributed by atoms with Crippen molar-refractivity contribution in [3.05, 3.63) is 95.6 Å². The lowest BCUT2D eigenvalue weighted by Gasteiger charge is -2.10. The maximum atomic E-state index is 12.4. The molecule has 31 heavy (non-hydrogen) atoms. The molecule has 3 amide bonds. The lowest BCUT2D eigenvalue weighted by Crippen LogP contribution is -2.24. The van der Waals surface area contributed by atoms with Gasteiger partial charge in [-0.2, -0.15) is 0 Å². The summed E-state index contributed by atoms with van der Waals surface area (Å²) in [4.78, 5) is 36.4. The van der Waals surface area contributed by atoms with Gasteiger partial charge in [-0.15, -0.1) is 0 Å². The van der Waals surface area contributed by atoms with Crippen molar-refractivity contribution in [3.63, 3.8) is 0 Å². The summed E-state index contributed by atoms with van der Waals surface area (Å²) in [5, 5.41) is 11.2. The molecule has 0 atom stereocenters. The highest BCUT2D eigenvalue weighted by molar-refractivity contribution is 5.98. The van der Waals surface area contributed by atoms with Crippen molar-refractivity contribution in [1.82, 2.24) is 10.6 Å². The Kier molecular flexibility index (Phi) is 7.37. The number of hydrogen-bond donors (Lipinski definition) is 4. The van der Waals surface area contributed by atoms with Crippen LogP contribution in [0.3, 0.4) is 0 Å². The largest absolute Gasteiger partial charge is 0.376 e. The Bertz CT molecular complexity index is 1070. The van der Waals surface area contributed by atoms with E-state index in [0.29, 0.717) is 29.0 Å².